The predicted molar refractivity (Wildman–Crippen MR) is 81.9 cm³/mol. The van der Waals surface area contributed by atoms with Crippen LogP contribution in [0.3, 0.4) is 0 Å². The molecule has 3 aromatic rings. The van der Waals surface area contributed by atoms with Crippen LogP contribution in [0.1, 0.15) is 22.8 Å². The van der Waals surface area contributed by atoms with Crippen LogP contribution in [0.15, 0.2) is 42.6 Å². The number of aliphatic hydroxyl groups is 1. The normalized spacial score (nSPS) is 12.3. The summed E-state index contributed by atoms with van der Waals surface area (Å²) in [6, 6.07) is 11.6. The molecule has 0 radical (unpaired) electrons. The molecule has 1 atom stereocenters. The minimum atomic E-state index is -0.675. The standard InChI is InChI=1S/C16H17N5O/c1-11-6-7-12(2)13(9-11)15(22)10-21-16(18-19-20-21)14-5-3-4-8-17-14/h3-9,15,22H,10H2,1-2H3. The molecule has 0 saturated heterocycles. The Bertz CT molecular complexity index is 769. The van der Waals surface area contributed by atoms with E-state index in [1.54, 1.807) is 10.9 Å². The first kappa shape index (κ1) is 14.3. The first-order valence-electron chi connectivity index (χ1n) is 7.08. The Morgan fingerprint density at radius 3 is 2.82 bits per heavy atom. The smallest absolute Gasteiger partial charge is 0.200 e. The summed E-state index contributed by atoms with van der Waals surface area (Å²) >= 11 is 0. The lowest BCUT2D eigenvalue weighted by Gasteiger charge is -2.15. The van der Waals surface area contributed by atoms with Crippen molar-refractivity contribution in [3.8, 4) is 11.5 Å². The molecule has 0 aliphatic heterocycles. The molecule has 6 heteroatoms. The predicted octanol–water partition coefficient (Wildman–Crippen LogP) is 2.09. The van der Waals surface area contributed by atoms with Crippen molar-refractivity contribution in [3.05, 3.63) is 59.3 Å². The molecule has 0 saturated carbocycles. The second-order valence-electron chi connectivity index (χ2n) is 5.28. The maximum absolute atomic E-state index is 10.5. The van der Waals surface area contributed by atoms with Crippen molar-refractivity contribution in [1.82, 2.24) is 25.2 Å². The number of aromatic nitrogens is 5. The molecule has 112 valence electrons. The van der Waals surface area contributed by atoms with E-state index < -0.39 is 6.10 Å². The van der Waals surface area contributed by atoms with Crippen LogP contribution < -0.4 is 0 Å². The van der Waals surface area contributed by atoms with Gasteiger partial charge < -0.3 is 5.11 Å². The lowest BCUT2D eigenvalue weighted by atomic mass is 10.0. The monoisotopic (exact) mass is 295 g/mol. The van der Waals surface area contributed by atoms with Gasteiger partial charge >= 0.3 is 0 Å². The molecule has 2 aromatic heterocycles. The zero-order chi connectivity index (χ0) is 15.5. The van der Waals surface area contributed by atoms with Crippen molar-refractivity contribution in [2.45, 2.75) is 26.5 Å². The Balaban J connectivity index is 1.88. The van der Waals surface area contributed by atoms with Gasteiger partial charge in [0.15, 0.2) is 0 Å². The molecule has 1 aromatic carbocycles. The molecule has 6 nitrogen and oxygen atoms in total. The summed E-state index contributed by atoms with van der Waals surface area (Å²) in [5.41, 5.74) is 3.73. The highest BCUT2D eigenvalue weighted by Crippen LogP contribution is 2.22. The van der Waals surface area contributed by atoms with Crippen LogP contribution in [0.25, 0.3) is 11.5 Å². The fourth-order valence-corrected chi connectivity index (χ4v) is 2.39. The first-order chi connectivity index (χ1) is 10.6. The highest BCUT2D eigenvalue weighted by molar-refractivity contribution is 5.47. The van der Waals surface area contributed by atoms with E-state index in [4.69, 9.17) is 0 Å². The highest BCUT2D eigenvalue weighted by Gasteiger charge is 2.16. The van der Waals surface area contributed by atoms with Crippen molar-refractivity contribution in [2.24, 2.45) is 0 Å². The lowest BCUT2D eigenvalue weighted by Crippen LogP contribution is -2.13. The van der Waals surface area contributed by atoms with Crippen LogP contribution in [0.2, 0.25) is 0 Å². The van der Waals surface area contributed by atoms with Gasteiger partial charge in [0, 0.05) is 6.20 Å². The van der Waals surface area contributed by atoms with Gasteiger partial charge in [0.05, 0.1) is 12.6 Å². The molecule has 0 aliphatic rings. The topological polar surface area (TPSA) is 76.7 Å². The van der Waals surface area contributed by atoms with Gasteiger partial charge in [-0.15, -0.1) is 5.10 Å². The number of aliphatic hydroxyl groups excluding tert-OH is 1. The molecule has 0 bridgehead atoms. The van der Waals surface area contributed by atoms with Crippen molar-refractivity contribution >= 4 is 0 Å². The van der Waals surface area contributed by atoms with Gasteiger partial charge in [0.1, 0.15) is 5.69 Å². The fourth-order valence-electron chi connectivity index (χ4n) is 2.39. The van der Waals surface area contributed by atoms with Crippen molar-refractivity contribution in [1.29, 1.82) is 0 Å². The second kappa shape index (κ2) is 6.03. The molecule has 1 unspecified atom stereocenters. The Labute approximate surface area is 128 Å². The number of nitrogens with zero attached hydrogens (tertiary/aromatic N) is 5. The lowest BCUT2D eigenvalue weighted by molar-refractivity contribution is 0.150. The quantitative estimate of drug-likeness (QED) is 0.797. The summed E-state index contributed by atoms with van der Waals surface area (Å²) in [6.07, 6.45) is 1.01. The molecule has 0 aliphatic carbocycles. The maximum Gasteiger partial charge on any atom is 0.200 e. The number of benzene rings is 1. The van der Waals surface area contributed by atoms with Gasteiger partial charge in [-0.2, -0.15) is 0 Å². The molecule has 0 spiro atoms. The average molecular weight is 295 g/mol. The van der Waals surface area contributed by atoms with E-state index in [1.807, 2.05) is 50.2 Å². The Morgan fingerprint density at radius 2 is 2.05 bits per heavy atom. The molecule has 0 amide bonds. The number of hydrogen-bond acceptors (Lipinski definition) is 5. The van der Waals surface area contributed by atoms with Crippen molar-refractivity contribution in [2.75, 3.05) is 0 Å². The van der Waals surface area contributed by atoms with E-state index in [0.717, 1.165) is 16.7 Å². The van der Waals surface area contributed by atoms with Crippen molar-refractivity contribution in [3.63, 3.8) is 0 Å². The molecule has 22 heavy (non-hydrogen) atoms. The van der Waals surface area contributed by atoms with Crippen LogP contribution in [-0.2, 0) is 6.54 Å². The van der Waals surface area contributed by atoms with Crippen LogP contribution >= 0.6 is 0 Å². The maximum atomic E-state index is 10.5. The largest absolute Gasteiger partial charge is 0.386 e. The van der Waals surface area contributed by atoms with Crippen LogP contribution in [0.5, 0.6) is 0 Å². The number of tetrazole rings is 1. The van der Waals surface area contributed by atoms with Crippen LogP contribution in [0, 0.1) is 13.8 Å². The average Bonchev–Trinajstić information content (AvgIpc) is 2.98. The zero-order valence-electron chi connectivity index (χ0n) is 12.5. The highest BCUT2D eigenvalue weighted by atomic mass is 16.3. The Kier molecular flexibility index (Phi) is 3.93. The van der Waals surface area contributed by atoms with E-state index in [1.165, 1.54) is 0 Å². The molecule has 0 fully saturated rings. The summed E-state index contributed by atoms with van der Waals surface area (Å²) in [6.45, 7) is 4.27. The number of hydrogen-bond donors (Lipinski definition) is 1. The molecule has 2 heterocycles. The second-order valence-corrected chi connectivity index (χ2v) is 5.28. The number of pyridine rings is 1. The summed E-state index contributed by atoms with van der Waals surface area (Å²) < 4.78 is 1.58. The van der Waals surface area contributed by atoms with Gasteiger partial charge in [0.25, 0.3) is 0 Å². The SMILES string of the molecule is Cc1ccc(C)c(C(O)Cn2nnnc2-c2ccccn2)c1. The number of rotatable bonds is 4. The van der Waals surface area contributed by atoms with Gasteiger partial charge in [-0.3, -0.25) is 4.98 Å². The third kappa shape index (κ3) is 2.87. The Hall–Kier alpha value is -2.60. The summed E-state index contributed by atoms with van der Waals surface area (Å²) in [5, 5.41) is 22.2. The van der Waals surface area contributed by atoms with E-state index in [-0.39, 0.29) is 6.54 Å². The zero-order valence-corrected chi connectivity index (χ0v) is 12.5. The minimum Gasteiger partial charge on any atom is -0.386 e. The minimum absolute atomic E-state index is 0.281. The molecular formula is C16H17N5O. The van der Waals surface area contributed by atoms with E-state index in [9.17, 15) is 5.11 Å². The third-order valence-corrected chi connectivity index (χ3v) is 3.57. The van der Waals surface area contributed by atoms with E-state index >= 15 is 0 Å². The fraction of sp³-hybridized carbons (Fsp3) is 0.250. The number of aryl methyl sites for hydroxylation is 2. The van der Waals surface area contributed by atoms with Crippen LogP contribution in [-0.4, -0.2) is 30.3 Å². The van der Waals surface area contributed by atoms with Crippen molar-refractivity contribution < 1.29 is 5.11 Å². The molecule has 1 N–H and O–H groups in total. The van der Waals surface area contributed by atoms with Gasteiger partial charge in [-0.1, -0.05) is 29.8 Å². The Morgan fingerprint density at radius 1 is 1.18 bits per heavy atom. The van der Waals surface area contributed by atoms with Crippen LogP contribution in [0.4, 0.5) is 0 Å². The summed E-state index contributed by atoms with van der Waals surface area (Å²) in [5.74, 6) is 0.546. The molecular weight excluding hydrogens is 278 g/mol. The first-order valence-corrected chi connectivity index (χ1v) is 7.08. The summed E-state index contributed by atoms with van der Waals surface area (Å²) in [7, 11) is 0. The third-order valence-electron chi connectivity index (χ3n) is 3.57. The van der Waals surface area contributed by atoms with Gasteiger partial charge in [0.2, 0.25) is 5.82 Å². The summed E-state index contributed by atoms with van der Waals surface area (Å²) in [4.78, 5) is 4.25. The van der Waals surface area contributed by atoms with E-state index in [0.29, 0.717) is 11.5 Å². The molecule has 3 rings (SSSR count). The van der Waals surface area contributed by atoms with Gasteiger partial charge in [-0.25, -0.2) is 4.68 Å². The van der Waals surface area contributed by atoms with E-state index in [2.05, 4.69) is 20.5 Å². The van der Waals surface area contributed by atoms with Gasteiger partial charge in [-0.05, 0) is 47.5 Å².